The van der Waals surface area contributed by atoms with Crippen LogP contribution in [0.15, 0.2) is 115 Å². The molecule has 5 aromatic carbocycles. The molecule has 2 radical (unpaired) electrons. The van der Waals surface area contributed by atoms with Crippen molar-refractivity contribution in [2.24, 2.45) is 0 Å². The number of benzene rings is 4. The van der Waals surface area contributed by atoms with Crippen molar-refractivity contribution in [3.8, 4) is 0 Å². The second-order valence-corrected chi connectivity index (χ2v) is 7.93. The molecule has 6 rings (SSSR count). The van der Waals surface area contributed by atoms with E-state index in [0.29, 0.717) is 0 Å². The third-order valence-corrected chi connectivity index (χ3v) is 5.56. The number of halogens is 2. The zero-order valence-electron chi connectivity index (χ0n) is 20.5. The second kappa shape index (κ2) is 17.2. The molecule has 0 aliphatic heterocycles. The zero-order valence-corrected chi connectivity index (χ0v) is 24.7. The van der Waals surface area contributed by atoms with Crippen LogP contribution in [0.3, 0.4) is 0 Å². The Morgan fingerprint density at radius 3 is 1.83 bits per heavy atom. The molecule has 0 bridgehead atoms. The molecule has 0 spiro atoms. The molecule has 0 heterocycles. The number of aryl methyl sites for hydroxylation is 2. The van der Waals surface area contributed by atoms with Crippen molar-refractivity contribution in [2.45, 2.75) is 20.3 Å². The number of hydrogen-bond acceptors (Lipinski definition) is 0. The van der Waals surface area contributed by atoms with Crippen LogP contribution in [0.5, 0.6) is 0 Å². The molecule has 0 amide bonds. The summed E-state index contributed by atoms with van der Waals surface area (Å²) in [5, 5.41) is 5.52. The molecule has 4 heteroatoms. The Labute approximate surface area is 241 Å². The van der Waals surface area contributed by atoms with Crippen molar-refractivity contribution in [1.29, 1.82) is 0 Å². The summed E-state index contributed by atoms with van der Waals surface area (Å²) in [5.74, 6) is 0. The van der Waals surface area contributed by atoms with Gasteiger partial charge in [-0.1, -0.05) is 64.8 Å². The molecule has 0 nitrogen and oxygen atoms in total. The van der Waals surface area contributed by atoms with Crippen molar-refractivity contribution in [2.75, 3.05) is 0 Å². The van der Waals surface area contributed by atoms with E-state index in [1.54, 1.807) is 19.2 Å². The first-order valence-corrected chi connectivity index (χ1v) is 14.1. The fraction of sp³-hybridized carbons (Fsp3) is 0.0938. The fourth-order valence-electron chi connectivity index (χ4n) is 4.06. The quantitative estimate of drug-likeness (QED) is 0.142. The molecule has 182 valence electrons. The van der Waals surface area contributed by atoms with Crippen molar-refractivity contribution < 1.29 is 19.2 Å². The number of rotatable bonds is 1. The van der Waals surface area contributed by atoms with E-state index in [1.807, 2.05) is 60.7 Å². The van der Waals surface area contributed by atoms with Crippen LogP contribution in [-0.2, 0) is 19.2 Å². The van der Waals surface area contributed by atoms with Gasteiger partial charge in [0.25, 0.3) is 0 Å². The van der Waals surface area contributed by atoms with Crippen LogP contribution < -0.4 is 0 Å². The molecule has 0 saturated heterocycles. The molecule has 0 N–H and O–H groups in total. The van der Waals surface area contributed by atoms with E-state index in [-0.39, 0.29) is 24.8 Å². The van der Waals surface area contributed by atoms with Crippen LogP contribution in [0.25, 0.3) is 27.1 Å². The first-order valence-electron chi connectivity index (χ1n) is 11.3. The average Bonchev–Trinajstić information content (AvgIpc) is 3.56. The van der Waals surface area contributed by atoms with Crippen LogP contribution in [0.2, 0.25) is 0 Å². The van der Waals surface area contributed by atoms with Gasteiger partial charge in [-0.15, -0.1) is 58.5 Å². The summed E-state index contributed by atoms with van der Waals surface area (Å²) in [6.45, 7) is 4.38. The van der Waals surface area contributed by atoms with Gasteiger partial charge in [0.1, 0.15) is 0 Å². The predicted octanol–water partition coefficient (Wildman–Crippen LogP) is 9.11. The molecule has 0 aromatic heterocycles. The van der Waals surface area contributed by atoms with E-state index < -0.39 is 0 Å². The Kier molecular flexibility index (Phi) is 15.2. The maximum absolute atomic E-state index is 2.97. The van der Waals surface area contributed by atoms with E-state index in [1.165, 1.54) is 43.8 Å². The largest absolute Gasteiger partial charge is 0.184 e. The maximum Gasteiger partial charge on any atom is -0.171 e. The minimum atomic E-state index is 0. The van der Waals surface area contributed by atoms with Crippen LogP contribution in [0.1, 0.15) is 23.1 Å². The molecular weight excluding hydrogens is 531 g/mol. The third-order valence-electron chi connectivity index (χ3n) is 5.56. The van der Waals surface area contributed by atoms with Gasteiger partial charge in [0.2, 0.25) is 0 Å². The zero-order chi connectivity index (χ0) is 24.2. The van der Waals surface area contributed by atoms with Gasteiger partial charge < -0.3 is 0 Å². The number of allylic oxidation sites excluding steroid dienone is 4. The Morgan fingerprint density at radius 1 is 0.778 bits per heavy atom. The Balaban J connectivity index is 0.000000336. The summed E-state index contributed by atoms with van der Waals surface area (Å²) in [6, 6.07) is 38.6. The smallest absolute Gasteiger partial charge is 0.171 e. The number of hydrogen-bond donors (Lipinski definition) is 0. The van der Waals surface area contributed by atoms with Gasteiger partial charge in [-0.2, -0.15) is 72.8 Å². The van der Waals surface area contributed by atoms with Gasteiger partial charge in [0, 0.05) is 0 Å². The van der Waals surface area contributed by atoms with Gasteiger partial charge in [-0.25, -0.2) is 0 Å². The Bertz CT molecular complexity index is 1290. The summed E-state index contributed by atoms with van der Waals surface area (Å²) < 4.78 is 0. The van der Waals surface area contributed by atoms with Crippen LogP contribution >= 0.6 is 24.8 Å². The Morgan fingerprint density at radius 2 is 1.36 bits per heavy atom. The van der Waals surface area contributed by atoms with E-state index >= 15 is 0 Å². The molecule has 0 atom stereocenters. The minimum Gasteiger partial charge on any atom is -0.184 e. The van der Waals surface area contributed by atoms with E-state index in [4.69, 9.17) is 0 Å². The predicted molar refractivity (Wildman–Crippen MR) is 159 cm³/mol. The minimum absolute atomic E-state index is 0. The van der Waals surface area contributed by atoms with E-state index in [9.17, 15) is 0 Å². The van der Waals surface area contributed by atoms with Crippen molar-refractivity contribution in [3.05, 3.63) is 144 Å². The number of fused-ring (bicyclic) bond motifs is 3. The molecule has 36 heavy (non-hydrogen) atoms. The molecule has 1 aliphatic rings. The summed E-state index contributed by atoms with van der Waals surface area (Å²) in [7, 11) is 2.97. The maximum atomic E-state index is 2.97. The van der Waals surface area contributed by atoms with Crippen molar-refractivity contribution >= 4 is 59.6 Å². The van der Waals surface area contributed by atoms with Crippen molar-refractivity contribution in [3.63, 3.8) is 0 Å². The molecule has 1 aliphatic carbocycles. The van der Waals surface area contributed by atoms with Gasteiger partial charge in [0.05, 0.1) is 0 Å². The standard InChI is InChI=1S/C20H17.2C6H5.2ClH.Si.Ti/c1-13-7-9-17-16(11-13)12-19-18(17)10-8-14(2)20(19)15-5-3-4-6-15;2*1-2-4-6-5-3-1;;;;/h3-5,7-12H,6H2,1-2H3;2*1-5H;2*1H;;/q3*-1;;;;. The second-order valence-electron chi connectivity index (χ2n) is 7.93. The van der Waals surface area contributed by atoms with Gasteiger partial charge >= 0.3 is 26.8 Å². The average molecular weight is 560 g/mol. The first kappa shape index (κ1) is 31.8. The molecule has 0 unspecified atom stereocenters. The summed E-state index contributed by atoms with van der Waals surface area (Å²) in [4.78, 5) is 0. The summed E-state index contributed by atoms with van der Waals surface area (Å²) in [5.41, 5.74) is 5.58. The van der Waals surface area contributed by atoms with E-state index in [2.05, 4.69) is 88.2 Å². The monoisotopic (exact) mass is 559 g/mol. The van der Waals surface area contributed by atoms with Gasteiger partial charge in [-0.3, -0.25) is 0 Å². The third kappa shape index (κ3) is 8.69. The first-order chi connectivity index (χ1) is 16.7. The van der Waals surface area contributed by atoms with Gasteiger partial charge in [0.15, 0.2) is 0 Å². The molecule has 5 aromatic rings. The molecule has 0 saturated carbocycles. The molecular formula is C32H29Cl2SiTi-3. The van der Waals surface area contributed by atoms with Crippen LogP contribution in [-0.4, -0.2) is 7.63 Å². The normalized spacial score (nSPS) is 10.8. The van der Waals surface area contributed by atoms with Crippen LogP contribution in [0, 0.1) is 26.0 Å². The summed E-state index contributed by atoms with van der Waals surface area (Å²) in [6.07, 6.45) is 7.71. The van der Waals surface area contributed by atoms with E-state index in [0.717, 1.165) is 6.42 Å². The topological polar surface area (TPSA) is 0 Å². The summed E-state index contributed by atoms with van der Waals surface area (Å²) >= 11 is 1.81. The van der Waals surface area contributed by atoms with Crippen molar-refractivity contribution in [1.82, 2.24) is 0 Å². The Hall–Kier alpha value is -2.26. The fourth-order valence-corrected chi connectivity index (χ4v) is 4.06. The molecule has 0 fully saturated rings. The SMILES string of the molecule is Cc1ccc2c(c1)[cH-]c1c(C3=CC=CC3)c(C)ccc12.Cl.Cl.[Si]=[Ti].[c-]1ccccc1.[c-]1ccccc1. The van der Waals surface area contributed by atoms with Gasteiger partial charge in [-0.05, 0) is 20.3 Å². The van der Waals surface area contributed by atoms with Crippen LogP contribution in [0.4, 0.5) is 0 Å².